The fraction of sp³-hybridized carbons (Fsp3) is 0.0870. The van der Waals surface area contributed by atoms with Crippen LogP contribution in [0.3, 0.4) is 0 Å². The van der Waals surface area contributed by atoms with E-state index in [-0.39, 0.29) is 17.7 Å². The van der Waals surface area contributed by atoms with Crippen molar-refractivity contribution in [3.8, 4) is 5.75 Å². The third-order valence-electron chi connectivity index (χ3n) is 4.69. The molecule has 0 atom stereocenters. The summed E-state index contributed by atoms with van der Waals surface area (Å²) >= 11 is 4.24. The molecular weight excluding hydrogens is 482 g/mol. The maximum Gasteiger partial charge on any atom is 0.341 e. The first-order chi connectivity index (χ1) is 14.9. The number of rotatable bonds is 6. The second-order valence-corrected chi connectivity index (χ2v) is 8.63. The number of ether oxygens (including phenoxy) is 1. The van der Waals surface area contributed by atoms with Gasteiger partial charge in [0.25, 0.3) is 11.1 Å². The van der Waals surface area contributed by atoms with E-state index in [1.54, 1.807) is 24.3 Å². The quantitative estimate of drug-likeness (QED) is 0.465. The Morgan fingerprint density at radius 3 is 2.65 bits per heavy atom. The van der Waals surface area contributed by atoms with Gasteiger partial charge in [0, 0.05) is 0 Å². The largest absolute Gasteiger partial charge is 0.481 e. The predicted molar refractivity (Wildman–Crippen MR) is 123 cm³/mol. The van der Waals surface area contributed by atoms with Crippen molar-refractivity contribution in [2.75, 3.05) is 6.61 Å². The lowest BCUT2D eigenvalue weighted by atomic mass is 10.0. The van der Waals surface area contributed by atoms with Crippen molar-refractivity contribution in [1.29, 1.82) is 0 Å². The first-order valence-electron chi connectivity index (χ1n) is 9.28. The number of nitrogens with zero attached hydrogens (tertiary/aromatic N) is 1. The van der Waals surface area contributed by atoms with E-state index in [4.69, 9.17) is 9.84 Å². The van der Waals surface area contributed by atoms with Gasteiger partial charge >= 0.3 is 5.97 Å². The normalized spacial score (nSPS) is 15.1. The highest BCUT2D eigenvalue weighted by Gasteiger charge is 2.35. The average Bonchev–Trinajstić information content (AvgIpc) is 3.00. The number of carboxylic acid groups (broad SMARTS) is 1. The molecule has 1 saturated heterocycles. The SMILES string of the molecule is O=C(O)COc1ccc(/C=C2\SC(=O)N(Cc3cccc4ccccc34)C2=O)cc1Br. The van der Waals surface area contributed by atoms with E-state index < -0.39 is 12.6 Å². The van der Waals surface area contributed by atoms with Crippen molar-refractivity contribution in [3.05, 3.63) is 81.2 Å². The first kappa shape index (κ1) is 21.1. The number of benzene rings is 3. The van der Waals surface area contributed by atoms with Crippen molar-refractivity contribution in [2.24, 2.45) is 0 Å². The lowest BCUT2D eigenvalue weighted by molar-refractivity contribution is -0.139. The predicted octanol–water partition coefficient (Wildman–Crippen LogP) is 5.30. The lowest BCUT2D eigenvalue weighted by Crippen LogP contribution is -2.27. The Labute approximate surface area is 190 Å². The van der Waals surface area contributed by atoms with Crippen LogP contribution in [-0.2, 0) is 16.1 Å². The number of carbonyl (C=O) groups is 3. The van der Waals surface area contributed by atoms with Crippen molar-refractivity contribution < 1.29 is 24.2 Å². The zero-order chi connectivity index (χ0) is 22.0. The maximum absolute atomic E-state index is 12.9. The van der Waals surface area contributed by atoms with E-state index in [9.17, 15) is 14.4 Å². The van der Waals surface area contributed by atoms with Crippen LogP contribution in [-0.4, -0.2) is 33.7 Å². The van der Waals surface area contributed by atoms with Crippen molar-refractivity contribution >= 4 is 61.7 Å². The number of thioether (sulfide) groups is 1. The maximum atomic E-state index is 12.9. The van der Waals surface area contributed by atoms with Gasteiger partial charge in [-0.05, 0) is 67.8 Å². The summed E-state index contributed by atoms with van der Waals surface area (Å²) < 4.78 is 5.73. The third-order valence-corrected chi connectivity index (χ3v) is 6.21. The summed E-state index contributed by atoms with van der Waals surface area (Å²) in [5.74, 6) is -1.04. The molecule has 3 aromatic carbocycles. The molecule has 4 rings (SSSR count). The van der Waals surface area contributed by atoms with Gasteiger partial charge in [0.05, 0.1) is 15.9 Å². The second kappa shape index (κ2) is 8.95. The van der Waals surface area contributed by atoms with Gasteiger partial charge in [-0.15, -0.1) is 0 Å². The van der Waals surface area contributed by atoms with Crippen molar-refractivity contribution in [3.63, 3.8) is 0 Å². The first-order valence-corrected chi connectivity index (χ1v) is 10.9. The van der Waals surface area contributed by atoms with Crippen molar-refractivity contribution in [1.82, 2.24) is 4.90 Å². The number of carbonyl (C=O) groups excluding carboxylic acids is 2. The number of carboxylic acids is 1. The molecule has 1 heterocycles. The summed E-state index contributed by atoms with van der Waals surface area (Å²) in [4.78, 5) is 37.7. The summed E-state index contributed by atoms with van der Waals surface area (Å²) in [6, 6.07) is 18.7. The van der Waals surface area contributed by atoms with Gasteiger partial charge in [-0.1, -0.05) is 48.5 Å². The highest BCUT2D eigenvalue weighted by molar-refractivity contribution is 9.10. The minimum Gasteiger partial charge on any atom is -0.481 e. The molecule has 0 bridgehead atoms. The average molecular weight is 498 g/mol. The van der Waals surface area contributed by atoms with Gasteiger partial charge in [0.1, 0.15) is 5.75 Å². The third kappa shape index (κ3) is 4.65. The molecule has 0 radical (unpaired) electrons. The highest BCUT2D eigenvalue weighted by atomic mass is 79.9. The molecule has 0 unspecified atom stereocenters. The van der Waals surface area contributed by atoms with Gasteiger partial charge in [-0.25, -0.2) is 4.79 Å². The van der Waals surface area contributed by atoms with E-state index >= 15 is 0 Å². The highest BCUT2D eigenvalue weighted by Crippen LogP contribution is 2.35. The zero-order valence-corrected chi connectivity index (χ0v) is 18.5. The molecule has 1 aliphatic heterocycles. The topological polar surface area (TPSA) is 83.9 Å². The smallest absolute Gasteiger partial charge is 0.341 e. The molecule has 8 heteroatoms. The Kier molecular flexibility index (Phi) is 6.11. The Balaban J connectivity index is 1.55. The van der Waals surface area contributed by atoms with E-state index in [0.717, 1.165) is 28.1 Å². The molecule has 1 fully saturated rings. The monoisotopic (exact) mass is 497 g/mol. The van der Waals surface area contributed by atoms with Gasteiger partial charge in [0.2, 0.25) is 0 Å². The van der Waals surface area contributed by atoms with Crippen LogP contribution >= 0.6 is 27.7 Å². The fourth-order valence-corrected chi connectivity index (χ4v) is 4.60. The number of aliphatic carboxylic acids is 1. The van der Waals surface area contributed by atoms with Crippen LogP contribution in [0.15, 0.2) is 70.0 Å². The molecule has 2 amide bonds. The van der Waals surface area contributed by atoms with Crippen molar-refractivity contribution in [2.45, 2.75) is 6.54 Å². The molecule has 0 aromatic heterocycles. The molecule has 0 spiro atoms. The van der Waals surface area contributed by atoms with Crippen LogP contribution in [0.4, 0.5) is 4.79 Å². The summed E-state index contributed by atoms with van der Waals surface area (Å²) in [6.45, 7) is -0.250. The van der Waals surface area contributed by atoms with Crippen LogP contribution in [0.5, 0.6) is 5.75 Å². The Morgan fingerprint density at radius 2 is 1.87 bits per heavy atom. The molecule has 0 saturated carbocycles. The van der Waals surface area contributed by atoms with Crippen LogP contribution in [0.25, 0.3) is 16.8 Å². The minimum atomic E-state index is -1.07. The van der Waals surface area contributed by atoms with E-state index in [2.05, 4.69) is 15.9 Å². The van der Waals surface area contributed by atoms with Gasteiger partial charge < -0.3 is 9.84 Å². The number of halogens is 1. The molecule has 1 aliphatic rings. The van der Waals surface area contributed by atoms with Gasteiger partial charge in [-0.2, -0.15) is 0 Å². The van der Waals surface area contributed by atoms with Crippen LogP contribution in [0, 0.1) is 0 Å². The molecule has 0 aliphatic carbocycles. The second-order valence-electron chi connectivity index (χ2n) is 6.78. The number of hydrogen-bond donors (Lipinski definition) is 1. The standard InChI is InChI=1S/C23H16BrNO5S/c24-18-10-14(8-9-19(18)30-13-21(26)27)11-20-22(28)25(23(29)31-20)12-16-6-3-5-15-4-1-2-7-17(15)16/h1-11H,12-13H2,(H,26,27)/b20-11-. The summed E-state index contributed by atoms with van der Waals surface area (Å²) in [6.07, 6.45) is 1.64. The molecule has 31 heavy (non-hydrogen) atoms. The van der Waals surface area contributed by atoms with Gasteiger partial charge in [0.15, 0.2) is 6.61 Å². The van der Waals surface area contributed by atoms with E-state index in [1.165, 1.54) is 4.90 Å². The fourth-order valence-electron chi connectivity index (χ4n) is 3.25. The van der Waals surface area contributed by atoms with E-state index in [0.29, 0.717) is 20.7 Å². The lowest BCUT2D eigenvalue weighted by Gasteiger charge is -2.14. The Hall–Kier alpha value is -3.10. The molecular formula is C23H16BrNO5S. The summed E-state index contributed by atoms with van der Waals surface area (Å²) in [5, 5.41) is 10.5. The Morgan fingerprint density at radius 1 is 1.10 bits per heavy atom. The van der Waals surface area contributed by atoms with Crippen LogP contribution in [0.1, 0.15) is 11.1 Å². The number of imide groups is 1. The number of hydrogen-bond acceptors (Lipinski definition) is 5. The molecule has 3 aromatic rings. The zero-order valence-electron chi connectivity index (χ0n) is 16.1. The Bertz CT molecular complexity index is 1230. The molecule has 6 nitrogen and oxygen atoms in total. The van der Waals surface area contributed by atoms with Gasteiger partial charge in [-0.3, -0.25) is 14.5 Å². The van der Waals surface area contributed by atoms with E-state index in [1.807, 2.05) is 42.5 Å². The number of amides is 2. The molecule has 156 valence electrons. The number of fused-ring (bicyclic) bond motifs is 1. The minimum absolute atomic E-state index is 0.203. The van der Waals surface area contributed by atoms with Crippen LogP contribution < -0.4 is 4.74 Å². The molecule has 1 N–H and O–H groups in total. The van der Waals surface area contributed by atoms with Crippen LogP contribution in [0.2, 0.25) is 0 Å². The summed E-state index contributed by atoms with van der Waals surface area (Å²) in [5.41, 5.74) is 1.59. The summed E-state index contributed by atoms with van der Waals surface area (Å²) in [7, 11) is 0.